The molecule has 0 unspecified atom stereocenters. The van der Waals surface area contributed by atoms with E-state index in [1.807, 2.05) is 66.1 Å². The molecule has 0 spiro atoms. The van der Waals surface area contributed by atoms with Gasteiger partial charge in [0.25, 0.3) is 0 Å². The molecule has 1 aliphatic rings. The highest BCUT2D eigenvalue weighted by Crippen LogP contribution is 2.25. The van der Waals surface area contributed by atoms with Crippen LogP contribution in [0.25, 0.3) is 16.9 Å². The second-order valence-electron chi connectivity index (χ2n) is 7.46. The number of benzene rings is 1. The second-order valence-corrected chi connectivity index (χ2v) is 7.46. The average molecular weight is 409 g/mol. The van der Waals surface area contributed by atoms with Gasteiger partial charge >= 0.3 is 6.03 Å². The van der Waals surface area contributed by atoms with Gasteiger partial charge in [0.2, 0.25) is 0 Å². The monoisotopic (exact) mass is 409 g/mol. The van der Waals surface area contributed by atoms with Crippen molar-refractivity contribution in [2.75, 3.05) is 63.7 Å². The molecule has 0 aliphatic carbocycles. The second kappa shape index (κ2) is 9.10. The molecule has 1 aliphatic heterocycles. The minimum atomic E-state index is -0.218. The molecule has 30 heavy (non-hydrogen) atoms. The van der Waals surface area contributed by atoms with E-state index in [1.54, 1.807) is 0 Å². The number of nitrogens with one attached hydrogen (secondary N) is 2. The van der Waals surface area contributed by atoms with Crippen molar-refractivity contribution >= 4 is 23.1 Å². The third-order valence-electron chi connectivity index (χ3n) is 4.93. The molecule has 1 saturated heterocycles. The fourth-order valence-electron chi connectivity index (χ4n) is 3.32. The molecule has 9 heteroatoms. The van der Waals surface area contributed by atoms with Crippen LogP contribution >= 0.6 is 0 Å². The Bertz CT molecular complexity index is 994. The number of rotatable bonds is 6. The summed E-state index contributed by atoms with van der Waals surface area (Å²) in [7, 11) is 3.94. The highest BCUT2D eigenvalue weighted by molar-refractivity contribution is 5.89. The van der Waals surface area contributed by atoms with E-state index >= 15 is 0 Å². The van der Waals surface area contributed by atoms with Crippen LogP contribution in [0.4, 0.5) is 16.3 Å². The lowest BCUT2D eigenvalue weighted by Crippen LogP contribution is -2.37. The maximum atomic E-state index is 12.0. The number of carbonyl (C=O) groups is 1. The maximum Gasteiger partial charge on any atom is 0.319 e. The molecule has 3 aromatic rings. The number of carbonyl (C=O) groups excluding carboxylic acids is 1. The lowest BCUT2D eigenvalue weighted by Gasteiger charge is -2.28. The number of anilines is 2. The highest BCUT2D eigenvalue weighted by atomic mass is 16.5. The van der Waals surface area contributed by atoms with Crippen LogP contribution < -0.4 is 15.5 Å². The Morgan fingerprint density at radius 2 is 1.93 bits per heavy atom. The van der Waals surface area contributed by atoms with Crippen molar-refractivity contribution in [3.63, 3.8) is 0 Å². The van der Waals surface area contributed by atoms with Gasteiger partial charge in [-0.05, 0) is 50.5 Å². The van der Waals surface area contributed by atoms with Gasteiger partial charge < -0.3 is 25.2 Å². The number of amides is 2. The van der Waals surface area contributed by atoms with Crippen LogP contribution in [0.1, 0.15) is 0 Å². The van der Waals surface area contributed by atoms with E-state index in [2.05, 4.69) is 20.6 Å². The lowest BCUT2D eigenvalue weighted by molar-refractivity contribution is 0.122. The van der Waals surface area contributed by atoms with Crippen LogP contribution in [0.5, 0.6) is 0 Å². The van der Waals surface area contributed by atoms with Crippen molar-refractivity contribution in [3.05, 3.63) is 42.6 Å². The molecule has 2 aromatic heterocycles. The lowest BCUT2D eigenvalue weighted by atomic mass is 10.2. The molecule has 0 atom stereocenters. The van der Waals surface area contributed by atoms with Gasteiger partial charge in [0.05, 0.1) is 13.2 Å². The number of nitrogens with zero attached hydrogens (tertiary/aromatic N) is 5. The van der Waals surface area contributed by atoms with Crippen LogP contribution in [0.15, 0.2) is 42.6 Å². The third kappa shape index (κ3) is 4.69. The normalized spacial score (nSPS) is 14.3. The van der Waals surface area contributed by atoms with Crippen LogP contribution in [-0.4, -0.2) is 79.0 Å². The first-order chi connectivity index (χ1) is 14.6. The Morgan fingerprint density at radius 1 is 1.17 bits per heavy atom. The molecule has 0 saturated carbocycles. The molecule has 1 aromatic carbocycles. The van der Waals surface area contributed by atoms with E-state index in [1.165, 1.54) is 0 Å². The number of morpholine rings is 1. The van der Waals surface area contributed by atoms with Gasteiger partial charge in [-0.1, -0.05) is 0 Å². The van der Waals surface area contributed by atoms with Crippen LogP contribution in [0.3, 0.4) is 0 Å². The van der Waals surface area contributed by atoms with Crippen molar-refractivity contribution in [1.82, 2.24) is 24.8 Å². The third-order valence-corrected chi connectivity index (χ3v) is 4.93. The topological polar surface area (TPSA) is 87.0 Å². The largest absolute Gasteiger partial charge is 0.378 e. The number of aromatic nitrogens is 3. The summed E-state index contributed by atoms with van der Waals surface area (Å²) in [5.74, 6) is 1.55. The molecule has 0 radical (unpaired) electrons. The van der Waals surface area contributed by atoms with Crippen molar-refractivity contribution in [1.29, 1.82) is 0 Å². The summed E-state index contributed by atoms with van der Waals surface area (Å²) in [5, 5.41) is 10.3. The fourth-order valence-corrected chi connectivity index (χ4v) is 3.32. The van der Waals surface area contributed by atoms with Gasteiger partial charge in [-0.2, -0.15) is 0 Å². The molecule has 9 nitrogen and oxygen atoms in total. The average Bonchev–Trinajstić information content (AvgIpc) is 3.23. The first-order valence-corrected chi connectivity index (χ1v) is 10.1. The highest BCUT2D eigenvalue weighted by Gasteiger charge is 2.18. The van der Waals surface area contributed by atoms with Crippen molar-refractivity contribution in [2.24, 2.45) is 0 Å². The summed E-state index contributed by atoms with van der Waals surface area (Å²) in [5.41, 5.74) is 2.59. The first kappa shape index (κ1) is 20.1. The Labute approximate surface area is 175 Å². The van der Waals surface area contributed by atoms with Gasteiger partial charge in [0, 0.05) is 43.6 Å². The summed E-state index contributed by atoms with van der Waals surface area (Å²) in [6, 6.07) is 11.3. The van der Waals surface area contributed by atoms with E-state index in [0.29, 0.717) is 25.6 Å². The molecule has 1 fully saturated rings. The van der Waals surface area contributed by atoms with Gasteiger partial charge in [0.15, 0.2) is 11.6 Å². The van der Waals surface area contributed by atoms with E-state index < -0.39 is 0 Å². The summed E-state index contributed by atoms with van der Waals surface area (Å²) in [6.07, 6.45) is 1.93. The van der Waals surface area contributed by atoms with E-state index in [-0.39, 0.29) is 6.03 Å². The number of fused-ring (bicyclic) bond motifs is 1. The molecule has 158 valence electrons. The number of hydrogen-bond donors (Lipinski definition) is 2. The van der Waals surface area contributed by atoms with Gasteiger partial charge in [-0.3, -0.25) is 0 Å². The SMILES string of the molecule is CN(C)CCNC(=O)Nc1ccc(-c2nc(N3CCOCC3)c3cccn3n2)cc1. The predicted octanol–water partition coefficient (Wildman–Crippen LogP) is 1.92. The zero-order chi connectivity index (χ0) is 20.9. The summed E-state index contributed by atoms with van der Waals surface area (Å²) >= 11 is 0. The molecule has 3 heterocycles. The molecule has 2 amide bonds. The zero-order valence-electron chi connectivity index (χ0n) is 17.3. The Morgan fingerprint density at radius 3 is 2.67 bits per heavy atom. The Hall–Kier alpha value is -3.17. The van der Waals surface area contributed by atoms with Crippen LogP contribution in [0.2, 0.25) is 0 Å². The molecular weight excluding hydrogens is 382 g/mol. The molecule has 2 N–H and O–H groups in total. The number of ether oxygens (including phenoxy) is 1. The van der Waals surface area contributed by atoms with Gasteiger partial charge in [-0.25, -0.2) is 14.3 Å². The van der Waals surface area contributed by atoms with Crippen LogP contribution in [-0.2, 0) is 4.74 Å². The quantitative estimate of drug-likeness (QED) is 0.647. The Kier molecular flexibility index (Phi) is 6.10. The number of hydrogen-bond acceptors (Lipinski definition) is 6. The van der Waals surface area contributed by atoms with E-state index in [4.69, 9.17) is 9.72 Å². The van der Waals surface area contributed by atoms with Gasteiger partial charge in [0.1, 0.15) is 5.52 Å². The minimum Gasteiger partial charge on any atom is -0.378 e. The Balaban J connectivity index is 1.50. The summed E-state index contributed by atoms with van der Waals surface area (Å²) in [4.78, 5) is 21.1. The first-order valence-electron chi connectivity index (χ1n) is 10.1. The summed E-state index contributed by atoms with van der Waals surface area (Å²) in [6.45, 7) is 4.39. The van der Waals surface area contributed by atoms with Crippen molar-refractivity contribution in [3.8, 4) is 11.4 Å². The van der Waals surface area contributed by atoms with Crippen molar-refractivity contribution in [2.45, 2.75) is 0 Å². The molecule has 4 rings (SSSR count). The zero-order valence-corrected chi connectivity index (χ0v) is 17.3. The standard InChI is InChI=1S/C21H27N7O2/c1-26(2)11-9-22-21(29)23-17-7-5-16(6-8-17)19-24-20(27-12-14-30-15-13-27)18-4-3-10-28(18)25-19/h3-8,10H,9,11-15H2,1-2H3,(H2,22,23,29). The van der Waals surface area contributed by atoms with E-state index in [0.717, 1.165) is 42.2 Å². The molecule has 0 bridgehead atoms. The summed E-state index contributed by atoms with van der Waals surface area (Å²) < 4.78 is 7.34. The van der Waals surface area contributed by atoms with Crippen molar-refractivity contribution < 1.29 is 9.53 Å². The number of likely N-dealkylation sites (N-methyl/N-ethyl adjacent to an activating group) is 1. The maximum absolute atomic E-state index is 12.0. The minimum absolute atomic E-state index is 0.218. The smallest absolute Gasteiger partial charge is 0.319 e. The van der Waals surface area contributed by atoms with E-state index in [9.17, 15) is 4.79 Å². The van der Waals surface area contributed by atoms with Gasteiger partial charge in [-0.15, -0.1) is 5.10 Å². The van der Waals surface area contributed by atoms with Crippen LogP contribution in [0, 0.1) is 0 Å². The fraction of sp³-hybridized carbons (Fsp3) is 0.381. The molecular formula is C21H27N7O2. The number of urea groups is 1. The predicted molar refractivity (Wildman–Crippen MR) is 117 cm³/mol.